The third-order valence-electron chi connectivity index (χ3n) is 5.86. The van der Waals surface area contributed by atoms with Crippen molar-refractivity contribution in [2.24, 2.45) is 5.92 Å². The summed E-state index contributed by atoms with van der Waals surface area (Å²) in [6.45, 7) is 4.07. The molecule has 3 aromatic carbocycles. The quantitative estimate of drug-likeness (QED) is 0.306. The predicted octanol–water partition coefficient (Wildman–Crippen LogP) is 6.06. The number of rotatable bonds is 9. The van der Waals surface area contributed by atoms with Crippen LogP contribution in [0.3, 0.4) is 0 Å². The van der Waals surface area contributed by atoms with Gasteiger partial charge in [0, 0.05) is 17.1 Å². The lowest BCUT2D eigenvalue weighted by molar-refractivity contribution is -0.136. The molecule has 0 spiro atoms. The van der Waals surface area contributed by atoms with Crippen LogP contribution in [-0.4, -0.2) is 23.5 Å². The summed E-state index contributed by atoms with van der Waals surface area (Å²) in [6.07, 6.45) is 1.36. The Labute approximate surface area is 206 Å². The Morgan fingerprint density at radius 2 is 1.63 bits per heavy atom. The number of hydrogen-bond acceptors (Lipinski definition) is 4. The molecule has 4 aromatic rings. The van der Waals surface area contributed by atoms with Crippen LogP contribution in [0.15, 0.2) is 91.1 Å². The summed E-state index contributed by atoms with van der Waals surface area (Å²) in [6, 6.07) is 30.3. The van der Waals surface area contributed by atoms with Crippen LogP contribution >= 0.6 is 0 Å². The zero-order valence-electron chi connectivity index (χ0n) is 20.0. The maximum absolute atomic E-state index is 12.8. The second-order valence-corrected chi connectivity index (χ2v) is 8.96. The van der Waals surface area contributed by atoms with Gasteiger partial charge < -0.3 is 10.1 Å². The summed E-state index contributed by atoms with van der Waals surface area (Å²) in [7, 11) is 0. The first-order valence-electron chi connectivity index (χ1n) is 11.9. The lowest BCUT2D eigenvalue weighted by atomic mass is 9.97. The van der Waals surface area contributed by atoms with Crippen LogP contribution in [0.5, 0.6) is 0 Å². The Kier molecular flexibility index (Phi) is 7.87. The van der Waals surface area contributed by atoms with Crippen LogP contribution in [0.25, 0.3) is 22.0 Å². The molecule has 0 bridgehead atoms. The Morgan fingerprint density at radius 3 is 2.34 bits per heavy atom. The Balaban J connectivity index is 1.64. The number of ether oxygens (including phenoxy) is 1. The molecule has 1 unspecified atom stereocenters. The monoisotopic (exact) mass is 463 g/mol. The van der Waals surface area contributed by atoms with E-state index in [1.54, 1.807) is 0 Å². The van der Waals surface area contributed by atoms with Gasteiger partial charge in [-0.3, -0.25) is 9.78 Å². The first kappa shape index (κ1) is 24.1. The summed E-state index contributed by atoms with van der Waals surface area (Å²) in [4.78, 5) is 17.4. The van der Waals surface area contributed by atoms with Crippen molar-refractivity contribution in [2.45, 2.75) is 32.5 Å². The first-order valence-corrected chi connectivity index (χ1v) is 11.9. The van der Waals surface area contributed by atoms with Gasteiger partial charge in [0.1, 0.15) is 18.8 Å². The normalized spacial score (nSPS) is 12.7. The number of aromatic nitrogens is 1. The van der Waals surface area contributed by atoms with E-state index >= 15 is 0 Å². The number of pyridine rings is 1. The highest BCUT2D eigenvalue weighted by Gasteiger charge is 2.26. The van der Waals surface area contributed by atoms with Crippen LogP contribution in [0.2, 0.25) is 0 Å². The van der Waals surface area contributed by atoms with Crippen molar-refractivity contribution in [1.82, 2.24) is 10.3 Å². The average molecular weight is 464 g/mol. The molecule has 0 radical (unpaired) electrons. The van der Waals surface area contributed by atoms with Gasteiger partial charge in [-0.25, -0.2) is 0 Å². The van der Waals surface area contributed by atoms with E-state index in [9.17, 15) is 4.79 Å². The van der Waals surface area contributed by atoms with E-state index in [2.05, 4.69) is 48.4 Å². The number of hydrogen-bond donors (Lipinski definition) is 1. The van der Waals surface area contributed by atoms with Crippen molar-refractivity contribution in [1.29, 1.82) is 5.26 Å². The van der Waals surface area contributed by atoms with Crippen molar-refractivity contribution < 1.29 is 9.53 Å². The summed E-state index contributed by atoms with van der Waals surface area (Å²) < 4.78 is 6.46. The topological polar surface area (TPSA) is 75.0 Å². The summed E-state index contributed by atoms with van der Waals surface area (Å²) in [5, 5.41) is 12.6. The van der Waals surface area contributed by atoms with E-state index in [0.29, 0.717) is 6.42 Å². The van der Waals surface area contributed by atoms with E-state index in [0.717, 1.165) is 33.2 Å². The molecule has 0 saturated carbocycles. The molecule has 0 fully saturated rings. The minimum absolute atomic E-state index is 0.0404. The summed E-state index contributed by atoms with van der Waals surface area (Å²) in [5.74, 6) is -0.00734. The number of amides is 1. The Morgan fingerprint density at radius 1 is 0.943 bits per heavy atom. The number of nitrogens with one attached hydrogen (secondary N) is 1. The maximum atomic E-state index is 12.8. The molecule has 1 heterocycles. The van der Waals surface area contributed by atoms with E-state index in [1.165, 1.54) is 0 Å². The molecular formula is C30H29N3O2. The third-order valence-corrected chi connectivity index (χ3v) is 5.86. The van der Waals surface area contributed by atoms with Gasteiger partial charge in [0.25, 0.3) is 0 Å². The van der Waals surface area contributed by atoms with Crippen LogP contribution in [0, 0.1) is 17.2 Å². The molecule has 2 atom stereocenters. The SMILES string of the molecule is CC(C)C[C@H](OC(c1ccccc1)c1ccc(-c2cnc3ccccc3c2)cc1)C(=O)NCC#N. The molecule has 0 aliphatic rings. The predicted molar refractivity (Wildman–Crippen MR) is 138 cm³/mol. The number of nitrogens with zero attached hydrogens (tertiary/aromatic N) is 2. The van der Waals surface area contributed by atoms with Gasteiger partial charge in [-0.1, -0.05) is 86.6 Å². The van der Waals surface area contributed by atoms with Gasteiger partial charge in [0.15, 0.2) is 0 Å². The Hall–Kier alpha value is -4.01. The van der Waals surface area contributed by atoms with Gasteiger partial charge in [-0.05, 0) is 41.2 Å². The minimum atomic E-state index is -0.669. The molecule has 0 saturated heterocycles. The van der Waals surface area contributed by atoms with Gasteiger partial charge >= 0.3 is 0 Å². The standard InChI is InChI=1S/C30H29N3O2/c1-21(2)18-28(30(34)32-17-16-31)35-29(23-8-4-3-5-9-23)24-14-12-22(13-15-24)26-19-25-10-6-7-11-27(25)33-20-26/h3-15,19-21,28-29H,17-18H2,1-2H3,(H,32,34)/t28-,29?/m0/s1. The fourth-order valence-electron chi connectivity index (χ4n) is 4.11. The molecule has 1 aromatic heterocycles. The zero-order valence-corrected chi connectivity index (χ0v) is 20.0. The van der Waals surface area contributed by atoms with E-state index < -0.39 is 12.2 Å². The van der Waals surface area contributed by atoms with Crippen molar-refractivity contribution in [3.63, 3.8) is 0 Å². The maximum Gasteiger partial charge on any atom is 0.250 e. The lowest BCUT2D eigenvalue weighted by Crippen LogP contribution is -2.38. The van der Waals surface area contributed by atoms with Gasteiger partial charge in [0.2, 0.25) is 5.91 Å². The van der Waals surface area contributed by atoms with Gasteiger partial charge in [-0.15, -0.1) is 0 Å². The van der Waals surface area contributed by atoms with Crippen LogP contribution in [0.1, 0.15) is 37.5 Å². The summed E-state index contributed by atoms with van der Waals surface area (Å²) >= 11 is 0. The summed E-state index contributed by atoms with van der Waals surface area (Å²) in [5.41, 5.74) is 4.99. The largest absolute Gasteiger partial charge is 0.356 e. The lowest BCUT2D eigenvalue weighted by Gasteiger charge is -2.26. The average Bonchev–Trinajstić information content (AvgIpc) is 2.89. The van der Waals surface area contributed by atoms with Crippen molar-refractivity contribution in [3.8, 4) is 17.2 Å². The Bertz CT molecular complexity index is 1310. The van der Waals surface area contributed by atoms with Crippen LogP contribution in [-0.2, 0) is 9.53 Å². The smallest absolute Gasteiger partial charge is 0.250 e. The van der Waals surface area contributed by atoms with E-state index in [-0.39, 0.29) is 18.4 Å². The van der Waals surface area contributed by atoms with Crippen molar-refractivity contribution >= 4 is 16.8 Å². The number of benzene rings is 3. The highest BCUT2D eigenvalue weighted by molar-refractivity contribution is 5.83. The number of fused-ring (bicyclic) bond motifs is 1. The van der Waals surface area contributed by atoms with Crippen molar-refractivity contribution in [2.75, 3.05) is 6.54 Å². The molecular weight excluding hydrogens is 434 g/mol. The van der Waals surface area contributed by atoms with Crippen LogP contribution < -0.4 is 5.32 Å². The fourth-order valence-corrected chi connectivity index (χ4v) is 4.11. The highest BCUT2D eigenvalue weighted by atomic mass is 16.5. The van der Waals surface area contributed by atoms with E-state index in [4.69, 9.17) is 10.00 Å². The van der Waals surface area contributed by atoms with Gasteiger partial charge in [-0.2, -0.15) is 5.26 Å². The number of para-hydroxylation sites is 1. The number of carbonyl (C=O) groups excluding carboxylic acids is 1. The molecule has 5 nitrogen and oxygen atoms in total. The zero-order chi connectivity index (χ0) is 24.6. The second kappa shape index (κ2) is 11.4. The van der Waals surface area contributed by atoms with Crippen LogP contribution in [0.4, 0.5) is 0 Å². The molecule has 5 heteroatoms. The molecule has 1 amide bonds. The minimum Gasteiger partial charge on any atom is -0.356 e. The second-order valence-electron chi connectivity index (χ2n) is 8.96. The van der Waals surface area contributed by atoms with Crippen molar-refractivity contribution in [3.05, 3.63) is 102 Å². The molecule has 1 N–H and O–H groups in total. The fraction of sp³-hybridized carbons (Fsp3) is 0.233. The van der Waals surface area contributed by atoms with Gasteiger partial charge in [0.05, 0.1) is 11.6 Å². The first-order chi connectivity index (χ1) is 17.0. The molecule has 0 aliphatic heterocycles. The van der Waals surface area contributed by atoms with E-state index in [1.807, 2.05) is 72.9 Å². The molecule has 35 heavy (non-hydrogen) atoms. The highest BCUT2D eigenvalue weighted by Crippen LogP contribution is 2.31. The number of carbonyl (C=O) groups is 1. The molecule has 0 aliphatic carbocycles. The molecule has 176 valence electrons. The number of nitriles is 1. The molecule has 4 rings (SSSR count). The third kappa shape index (κ3) is 6.11.